The predicted octanol–water partition coefficient (Wildman–Crippen LogP) is 4.19. The van der Waals surface area contributed by atoms with Crippen LogP contribution in [0.5, 0.6) is 0 Å². The van der Waals surface area contributed by atoms with Crippen LogP contribution in [0.1, 0.15) is 20.7 Å². The lowest BCUT2D eigenvalue weighted by Gasteiger charge is -2.09. The Kier molecular flexibility index (Phi) is 4.59. The van der Waals surface area contributed by atoms with Gasteiger partial charge in [0.25, 0.3) is 5.91 Å². The van der Waals surface area contributed by atoms with Crippen LogP contribution < -0.4 is 5.32 Å². The van der Waals surface area contributed by atoms with E-state index in [2.05, 4.69) is 21.2 Å². The minimum Gasteiger partial charge on any atom is -0.478 e. The van der Waals surface area contributed by atoms with Crippen molar-refractivity contribution in [2.24, 2.45) is 0 Å². The number of carboxylic acids is 1. The van der Waals surface area contributed by atoms with E-state index in [1.165, 1.54) is 30.3 Å². The average Bonchev–Trinajstić information content (AvgIpc) is 2.40. The van der Waals surface area contributed by atoms with Crippen LogP contribution in [0.2, 0.25) is 5.02 Å². The highest BCUT2D eigenvalue weighted by molar-refractivity contribution is 9.10. The molecule has 0 bridgehead atoms. The van der Waals surface area contributed by atoms with Crippen LogP contribution in [0.25, 0.3) is 0 Å². The molecule has 2 N–H and O–H groups in total. The fourth-order valence-corrected chi connectivity index (χ4v) is 2.40. The molecule has 2 rings (SSSR count). The molecule has 0 unspecified atom stereocenters. The zero-order chi connectivity index (χ0) is 15.6. The number of aromatic carboxylic acids is 1. The lowest BCUT2D eigenvalue weighted by molar-refractivity contribution is 0.0696. The molecule has 0 atom stereocenters. The molecule has 108 valence electrons. The third kappa shape index (κ3) is 3.40. The Bertz CT molecular complexity index is 716. The molecule has 0 aliphatic heterocycles. The smallest absolute Gasteiger partial charge is 0.335 e. The van der Waals surface area contributed by atoms with Crippen LogP contribution in [0.3, 0.4) is 0 Å². The molecule has 0 saturated carbocycles. The van der Waals surface area contributed by atoms with Gasteiger partial charge in [-0.3, -0.25) is 4.79 Å². The number of hydrogen-bond donors (Lipinski definition) is 2. The van der Waals surface area contributed by atoms with Crippen molar-refractivity contribution in [3.63, 3.8) is 0 Å². The molecule has 2 aromatic carbocycles. The number of amides is 1. The van der Waals surface area contributed by atoms with Gasteiger partial charge in [0, 0.05) is 4.47 Å². The second kappa shape index (κ2) is 6.24. The molecular weight excluding hydrogens is 365 g/mol. The highest BCUT2D eigenvalue weighted by atomic mass is 79.9. The molecule has 0 spiro atoms. The van der Waals surface area contributed by atoms with Crippen LogP contribution in [-0.4, -0.2) is 17.0 Å². The van der Waals surface area contributed by atoms with Crippen LogP contribution in [0.4, 0.5) is 10.1 Å². The van der Waals surface area contributed by atoms with E-state index in [9.17, 15) is 14.0 Å². The molecule has 0 aromatic heterocycles. The monoisotopic (exact) mass is 371 g/mol. The quantitative estimate of drug-likeness (QED) is 0.849. The number of hydrogen-bond acceptors (Lipinski definition) is 2. The SMILES string of the molecule is O=C(O)c1ccc(NC(=O)c2c(F)cccc2Br)c(Cl)c1. The van der Waals surface area contributed by atoms with Gasteiger partial charge in [0.05, 0.1) is 21.8 Å². The first kappa shape index (κ1) is 15.5. The van der Waals surface area contributed by atoms with Crippen molar-refractivity contribution in [3.8, 4) is 0 Å². The minimum absolute atomic E-state index is 0.00919. The number of carboxylic acid groups (broad SMARTS) is 1. The summed E-state index contributed by atoms with van der Waals surface area (Å²) in [6.07, 6.45) is 0. The summed E-state index contributed by atoms with van der Waals surface area (Å²) in [5.41, 5.74) is 0.0303. The maximum absolute atomic E-state index is 13.7. The van der Waals surface area contributed by atoms with Gasteiger partial charge in [-0.05, 0) is 46.3 Å². The van der Waals surface area contributed by atoms with E-state index < -0.39 is 17.7 Å². The third-order valence-corrected chi connectivity index (χ3v) is 3.63. The first-order valence-corrected chi connectivity index (χ1v) is 6.85. The molecule has 1 amide bonds. The zero-order valence-corrected chi connectivity index (χ0v) is 12.7. The summed E-state index contributed by atoms with van der Waals surface area (Å²) >= 11 is 9.00. The third-order valence-electron chi connectivity index (χ3n) is 2.65. The van der Waals surface area contributed by atoms with E-state index in [0.29, 0.717) is 4.47 Å². The molecule has 0 fully saturated rings. The summed E-state index contributed by atoms with van der Waals surface area (Å²) < 4.78 is 14.0. The van der Waals surface area contributed by atoms with Gasteiger partial charge in [0.15, 0.2) is 0 Å². The van der Waals surface area contributed by atoms with Gasteiger partial charge < -0.3 is 10.4 Å². The topological polar surface area (TPSA) is 66.4 Å². The first-order chi connectivity index (χ1) is 9.90. The average molecular weight is 373 g/mol. The second-order valence-corrected chi connectivity index (χ2v) is 5.31. The number of rotatable bonds is 3. The van der Waals surface area contributed by atoms with Crippen molar-refractivity contribution in [3.05, 3.63) is 62.8 Å². The van der Waals surface area contributed by atoms with Crippen LogP contribution in [0.15, 0.2) is 40.9 Å². The molecule has 0 aliphatic rings. The first-order valence-electron chi connectivity index (χ1n) is 5.68. The Balaban J connectivity index is 2.30. The van der Waals surface area contributed by atoms with Crippen LogP contribution in [-0.2, 0) is 0 Å². The maximum atomic E-state index is 13.7. The number of anilines is 1. The second-order valence-electron chi connectivity index (χ2n) is 4.05. The Hall–Kier alpha value is -1.92. The van der Waals surface area contributed by atoms with Gasteiger partial charge in [-0.25, -0.2) is 9.18 Å². The molecule has 0 aliphatic carbocycles. The van der Waals surface area contributed by atoms with Crippen molar-refractivity contribution in [2.75, 3.05) is 5.32 Å². The zero-order valence-electron chi connectivity index (χ0n) is 10.4. The van der Waals surface area contributed by atoms with Crippen molar-refractivity contribution in [2.45, 2.75) is 0 Å². The highest BCUT2D eigenvalue weighted by Crippen LogP contribution is 2.26. The van der Waals surface area contributed by atoms with E-state index in [-0.39, 0.29) is 21.8 Å². The molecule has 4 nitrogen and oxygen atoms in total. The molecule has 21 heavy (non-hydrogen) atoms. The summed E-state index contributed by atoms with van der Waals surface area (Å²) in [6, 6.07) is 8.00. The van der Waals surface area contributed by atoms with Crippen molar-refractivity contribution in [1.82, 2.24) is 0 Å². The number of carbonyl (C=O) groups is 2. The predicted molar refractivity (Wildman–Crippen MR) is 80.5 cm³/mol. The minimum atomic E-state index is -1.13. The van der Waals surface area contributed by atoms with E-state index in [0.717, 1.165) is 6.07 Å². The summed E-state index contributed by atoms with van der Waals surface area (Å²) in [4.78, 5) is 22.9. The molecule has 0 saturated heterocycles. The Labute approximate surface area is 132 Å². The van der Waals surface area contributed by atoms with E-state index in [1.807, 2.05) is 0 Å². The van der Waals surface area contributed by atoms with Gasteiger partial charge in [0.1, 0.15) is 5.82 Å². The van der Waals surface area contributed by atoms with Crippen molar-refractivity contribution < 1.29 is 19.1 Å². The Morgan fingerprint density at radius 1 is 1.24 bits per heavy atom. The number of carbonyl (C=O) groups excluding carboxylic acids is 1. The maximum Gasteiger partial charge on any atom is 0.335 e. The lowest BCUT2D eigenvalue weighted by atomic mass is 10.1. The fourth-order valence-electron chi connectivity index (χ4n) is 1.65. The molecule has 0 heterocycles. The van der Waals surface area contributed by atoms with Gasteiger partial charge in [-0.1, -0.05) is 17.7 Å². The molecular formula is C14H8BrClFNO3. The summed E-state index contributed by atoms with van der Waals surface area (Å²) in [5.74, 6) is -2.50. The van der Waals surface area contributed by atoms with Crippen molar-refractivity contribution >= 4 is 45.1 Å². The summed E-state index contributed by atoms with van der Waals surface area (Å²) in [6.45, 7) is 0. The molecule has 0 radical (unpaired) electrons. The van der Waals surface area contributed by atoms with Gasteiger partial charge >= 0.3 is 5.97 Å². The fraction of sp³-hybridized carbons (Fsp3) is 0. The van der Waals surface area contributed by atoms with E-state index in [1.54, 1.807) is 0 Å². The summed E-state index contributed by atoms with van der Waals surface area (Å²) in [5, 5.41) is 11.3. The molecule has 7 heteroatoms. The van der Waals surface area contributed by atoms with E-state index in [4.69, 9.17) is 16.7 Å². The lowest BCUT2D eigenvalue weighted by Crippen LogP contribution is -2.15. The van der Waals surface area contributed by atoms with Crippen LogP contribution in [0, 0.1) is 5.82 Å². The largest absolute Gasteiger partial charge is 0.478 e. The normalized spacial score (nSPS) is 10.2. The van der Waals surface area contributed by atoms with Crippen LogP contribution >= 0.6 is 27.5 Å². The number of nitrogens with one attached hydrogen (secondary N) is 1. The van der Waals surface area contributed by atoms with Crippen molar-refractivity contribution in [1.29, 1.82) is 0 Å². The van der Waals surface area contributed by atoms with Gasteiger partial charge in [0.2, 0.25) is 0 Å². The molecule has 2 aromatic rings. The van der Waals surface area contributed by atoms with E-state index >= 15 is 0 Å². The Morgan fingerprint density at radius 2 is 1.95 bits per heavy atom. The Morgan fingerprint density at radius 3 is 2.52 bits per heavy atom. The summed E-state index contributed by atoms with van der Waals surface area (Å²) in [7, 11) is 0. The number of benzene rings is 2. The standard InChI is InChI=1S/C14H8BrClFNO3/c15-8-2-1-3-10(17)12(8)13(19)18-11-5-4-7(14(20)21)6-9(11)16/h1-6H,(H,18,19)(H,20,21). The highest BCUT2D eigenvalue weighted by Gasteiger charge is 2.17. The van der Waals surface area contributed by atoms with Gasteiger partial charge in [-0.15, -0.1) is 0 Å². The van der Waals surface area contributed by atoms with Gasteiger partial charge in [-0.2, -0.15) is 0 Å². The number of halogens is 3.